The minimum Gasteiger partial charge on any atom is -0.484 e. The number of rotatable bonds is 9. The second-order valence-electron chi connectivity index (χ2n) is 8.85. The maximum absolute atomic E-state index is 13.4. The van der Waals surface area contributed by atoms with Gasteiger partial charge in [-0.25, -0.2) is 4.39 Å². The second kappa shape index (κ2) is 12.2. The monoisotopic (exact) mass is 496 g/mol. The summed E-state index contributed by atoms with van der Waals surface area (Å²) in [5, 5.41) is 0.618. The number of hydrogen-bond acceptors (Lipinski definition) is 4. The van der Waals surface area contributed by atoms with Gasteiger partial charge in [0.2, 0.25) is 0 Å². The Labute approximate surface area is 211 Å². The van der Waals surface area contributed by atoms with Gasteiger partial charge in [0.1, 0.15) is 11.6 Å². The normalized spacial score (nSPS) is 18.4. The van der Waals surface area contributed by atoms with Crippen molar-refractivity contribution in [1.29, 1.82) is 0 Å². The molecule has 1 fully saturated rings. The molecule has 1 saturated heterocycles. The number of benzene rings is 3. The molecule has 1 aliphatic heterocycles. The number of ether oxygens (including phenoxy) is 2. The van der Waals surface area contributed by atoms with Gasteiger partial charge >= 0.3 is 0 Å². The fourth-order valence-corrected chi connectivity index (χ4v) is 4.41. The van der Waals surface area contributed by atoms with Crippen LogP contribution in [0, 0.1) is 5.82 Å². The van der Waals surface area contributed by atoms with Gasteiger partial charge in [-0.1, -0.05) is 54.1 Å². The van der Waals surface area contributed by atoms with Crippen molar-refractivity contribution in [2.75, 3.05) is 26.3 Å². The lowest BCUT2D eigenvalue weighted by atomic mass is 10.1. The lowest BCUT2D eigenvalue weighted by Crippen LogP contribution is -2.60. The summed E-state index contributed by atoms with van der Waals surface area (Å²) in [6, 6.07) is 23.6. The summed E-state index contributed by atoms with van der Waals surface area (Å²) in [6.07, 6.45) is 0. The molecule has 5 nitrogen and oxygen atoms in total. The Bertz CT molecular complexity index is 1080. The fraction of sp³-hybridized carbons (Fsp3) is 0.321. The van der Waals surface area contributed by atoms with Gasteiger partial charge in [0.15, 0.2) is 6.61 Å². The Morgan fingerprint density at radius 1 is 0.971 bits per heavy atom. The summed E-state index contributed by atoms with van der Waals surface area (Å²) < 4.78 is 25.2. The van der Waals surface area contributed by atoms with Crippen LogP contribution >= 0.6 is 11.6 Å². The molecule has 0 unspecified atom stereocenters. The standard InChI is InChI=1S/C28H30ClFN2O3/c1-21-15-31(16-22-7-11-25(30)12-8-22)26(19-34-18-23-5-3-2-4-6-23)17-32(21)28(33)20-35-27-13-9-24(29)10-14-27/h2-14,21,26H,15-20H2,1H3/t21-,26-/m1/s1. The Hall–Kier alpha value is -2.93. The molecule has 3 aromatic rings. The number of halogens is 2. The van der Waals surface area contributed by atoms with Crippen LogP contribution in [0.25, 0.3) is 0 Å². The molecule has 0 spiro atoms. The van der Waals surface area contributed by atoms with Crippen molar-refractivity contribution < 1.29 is 18.7 Å². The summed E-state index contributed by atoms with van der Waals surface area (Å²) in [7, 11) is 0. The van der Waals surface area contributed by atoms with Crippen molar-refractivity contribution in [3.63, 3.8) is 0 Å². The first-order valence-corrected chi connectivity index (χ1v) is 12.1. The molecule has 1 amide bonds. The van der Waals surface area contributed by atoms with Crippen LogP contribution < -0.4 is 4.74 Å². The number of nitrogens with zero attached hydrogens (tertiary/aromatic N) is 2. The van der Waals surface area contributed by atoms with Crippen molar-refractivity contribution in [3.8, 4) is 5.75 Å². The van der Waals surface area contributed by atoms with Crippen molar-refractivity contribution >= 4 is 17.5 Å². The Kier molecular flexibility index (Phi) is 8.74. The summed E-state index contributed by atoms with van der Waals surface area (Å²) in [4.78, 5) is 17.2. The molecule has 0 N–H and O–H groups in total. The van der Waals surface area contributed by atoms with Gasteiger partial charge in [0, 0.05) is 30.7 Å². The second-order valence-corrected chi connectivity index (χ2v) is 9.28. The number of carbonyl (C=O) groups excluding carboxylic acids is 1. The molecule has 0 bridgehead atoms. The molecule has 4 rings (SSSR count). The van der Waals surface area contributed by atoms with E-state index in [1.807, 2.05) is 42.2 Å². The number of amides is 1. The summed E-state index contributed by atoms with van der Waals surface area (Å²) in [5.74, 6) is 0.288. The third-order valence-electron chi connectivity index (χ3n) is 6.17. The van der Waals surface area contributed by atoms with Gasteiger partial charge in [-0.05, 0) is 54.4 Å². The van der Waals surface area contributed by atoms with Crippen LogP contribution in [0.3, 0.4) is 0 Å². The Balaban J connectivity index is 1.40. The first kappa shape index (κ1) is 25.2. The summed E-state index contributed by atoms with van der Waals surface area (Å²) >= 11 is 5.93. The largest absolute Gasteiger partial charge is 0.484 e. The highest BCUT2D eigenvalue weighted by atomic mass is 35.5. The summed E-state index contributed by atoms with van der Waals surface area (Å²) in [6.45, 7) is 4.85. The van der Waals surface area contributed by atoms with Gasteiger partial charge in [-0.2, -0.15) is 0 Å². The van der Waals surface area contributed by atoms with Crippen LogP contribution in [-0.2, 0) is 22.7 Å². The van der Waals surface area contributed by atoms with Crippen LogP contribution in [0.5, 0.6) is 5.75 Å². The smallest absolute Gasteiger partial charge is 0.260 e. The number of piperazine rings is 1. The molecule has 1 aliphatic rings. The maximum atomic E-state index is 13.4. The van der Waals surface area contributed by atoms with Crippen molar-refractivity contribution in [2.24, 2.45) is 0 Å². The maximum Gasteiger partial charge on any atom is 0.260 e. The quantitative estimate of drug-likeness (QED) is 0.409. The molecule has 0 aliphatic carbocycles. The van der Waals surface area contributed by atoms with E-state index in [1.165, 1.54) is 12.1 Å². The molecule has 2 atom stereocenters. The summed E-state index contributed by atoms with van der Waals surface area (Å²) in [5.41, 5.74) is 2.13. The van der Waals surface area contributed by atoms with E-state index in [2.05, 4.69) is 4.90 Å². The van der Waals surface area contributed by atoms with E-state index < -0.39 is 0 Å². The number of hydrogen-bond donors (Lipinski definition) is 0. The molecule has 0 saturated carbocycles. The molecule has 0 aromatic heterocycles. The zero-order chi connectivity index (χ0) is 24.6. The molecule has 7 heteroatoms. The lowest BCUT2D eigenvalue weighted by Gasteiger charge is -2.45. The molecule has 35 heavy (non-hydrogen) atoms. The van der Waals surface area contributed by atoms with E-state index in [-0.39, 0.29) is 30.4 Å². The Morgan fingerprint density at radius 2 is 1.69 bits per heavy atom. The topological polar surface area (TPSA) is 42.0 Å². The average molecular weight is 497 g/mol. The van der Waals surface area contributed by atoms with Gasteiger partial charge in [-0.15, -0.1) is 0 Å². The SMILES string of the molecule is C[C@@H]1CN(Cc2ccc(F)cc2)[C@@H](COCc2ccccc2)CN1C(=O)COc1ccc(Cl)cc1. The van der Waals surface area contributed by atoms with E-state index in [0.29, 0.717) is 43.6 Å². The molecule has 184 valence electrons. The lowest BCUT2D eigenvalue weighted by molar-refractivity contribution is -0.141. The van der Waals surface area contributed by atoms with E-state index in [4.69, 9.17) is 21.1 Å². The van der Waals surface area contributed by atoms with Crippen LogP contribution in [0.2, 0.25) is 5.02 Å². The fourth-order valence-electron chi connectivity index (χ4n) is 4.28. The third kappa shape index (κ3) is 7.28. The highest BCUT2D eigenvalue weighted by Gasteiger charge is 2.34. The van der Waals surface area contributed by atoms with E-state index in [0.717, 1.165) is 11.1 Å². The average Bonchev–Trinajstić information content (AvgIpc) is 2.87. The van der Waals surface area contributed by atoms with Crippen LogP contribution in [0.4, 0.5) is 4.39 Å². The molecule has 0 radical (unpaired) electrons. The molecular weight excluding hydrogens is 467 g/mol. The zero-order valence-corrected chi connectivity index (χ0v) is 20.5. The van der Waals surface area contributed by atoms with Crippen molar-refractivity contribution in [2.45, 2.75) is 32.2 Å². The van der Waals surface area contributed by atoms with E-state index in [1.54, 1.807) is 36.4 Å². The van der Waals surface area contributed by atoms with Gasteiger partial charge in [0.05, 0.1) is 19.3 Å². The van der Waals surface area contributed by atoms with Gasteiger partial charge < -0.3 is 14.4 Å². The van der Waals surface area contributed by atoms with Gasteiger partial charge in [0.25, 0.3) is 5.91 Å². The minimum absolute atomic E-state index is 0.000512. The predicted molar refractivity (Wildman–Crippen MR) is 135 cm³/mol. The zero-order valence-electron chi connectivity index (χ0n) is 19.8. The van der Waals surface area contributed by atoms with Crippen molar-refractivity contribution in [1.82, 2.24) is 9.80 Å². The molecule has 1 heterocycles. The van der Waals surface area contributed by atoms with Crippen LogP contribution in [0.15, 0.2) is 78.9 Å². The van der Waals surface area contributed by atoms with Gasteiger partial charge in [-0.3, -0.25) is 9.69 Å². The van der Waals surface area contributed by atoms with Crippen molar-refractivity contribution in [3.05, 3.63) is 101 Å². The third-order valence-corrected chi connectivity index (χ3v) is 6.42. The molecular formula is C28H30ClFN2O3. The Morgan fingerprint density at radius 3 is 2.40 bits per heavy atom. The highest BCUT2D eigenvalue weighted by molar-refractivity contribution is 6.30. The van der Waals surface area contributed by atoms with Crippen LogP contribution in [-0.4, -0.2) is 54.1 Å². The number of carbonyl (C=O) groups is 1. The van der Waals surface area contributed by atoms with Crippen LogP contribution in [0.1, 0.15) is 18.1 Å². The van der Waals surface area contributed by atoms with E-state index >= 15 is 0 Å². The predicted octanol–water partition coefficient (Wildman–Crippen LogP) is 5.18. The first-order valence-electron chi connectivity index (χ1n) is 11.8. The first-order chi connectivity index (χ1) is 17.0. The molecule has 3 aromatic carbocycles. The minimum atomic E-state index is -0.249. The van der Waals surface area contributed by atoms with E-state index in [9.17, 15) is 9.18 Å². The highest BCUT2D eigenvalue weighted by Crippen LogP contribution is 2.21.